The molecule has 1 aliphatic rings. The lowest BCUT2D eigenvalue weighted by molar-refractivity contribution is -0.143. The second-order valence-corrected chi connectivity index (χ2v) is 4.38. The van der Waals surface area contributed by atoms with Gasteiger partial charge in [-0.25, -0.2) is 0 Å². The summed E-state index contributed by atoms with van der Waals surface area (Å²) in [5.74, 6) is -0.563. The van der Waals surface area contributed by atoms with Crippen molar-refractivity contribution in [2.75, 3.05) is 0 Å². The molecule has 0 amide bonds. The maximum Gasteiger partial charge on any atom is 0.306 e. The van der Waals surface area contributed by atoms with E-state index in [0.29, 0.717) is 18.8 Å². The van der Waals surface area contributed by atoms with Gasteiger partial charge in [0.15, 0.2) is 0 Å². The normalized spacial score (nSPS) is 31.2. The van der Waals surface area contributed by atoms with Crippen LogP contribution < -0.4 is 0 Å². The fourth-order valence-electron chi connectivity index (χ4n) is 2.03. The summed E-state index contributed by atoms with van der Waals surface area (Å²) >= 11 is 3.90. The summed E-state index contributed by atoms with van der Waals surface area (Å²) in [6.45, 7) is 0. The van der Waals surface area contributed by atoms with Crippen molar-refractivity contribution in [3.05, 3.63) is 0 Å². The van der Waals surface area contributed by atoms with Gasteiger partial charge in [0.2, 0.25) is 0 Å². The molecule has 0 radical (unpaired) electrons. The molecule has 0 aromatic carbocycles. The summed E-state index contributed by atoms with van der Waals surface area (Å²) < 4.78 is 0. The van der Waals surface area contributed by atoms with Crippen LogP contribution in [0.4, 0.5) is 0 Å². The Morgan fingerprint density at radius 3 is 2.77 bits per heavy atom. The molecule has 3 atom stereocenters. The highest BCUT2D eigenvalue weighted by Crippen LogP contribution is 2.32. The maximum absolute atomic E-state index is 10.7. The van der Waals surface area contributed by atoms with Crippen LogP contribution in [0, 0.1) is 11.8 Å². The topological polar surface area (TPSA) is 57.5 Å². The monoisotopic (exact) mass is 204 g/mol. The first-order valence-corrected chi connectivity index (χ1v) is 5.20. The van der Waals surface area contributed by atoms with Gasteiger partial charge in [-0.05, 0) is 25.2 Å². The van der Waals surface area contributed by atoms with E-state index in [4.69, 9.17) is 10.2 Å². The third kappa shape index (κ3) is 3.56. The molecule has 1 fully saturated rings. The molecule has 0 aromatic heterocycles. The highest BCUT2D eigenvalue weighted by atomic mass is 32.1. The Balaban J connectivity index is 2.37. The summed E-state index contributed by atoms with van der Waals surface area (Å²) in [5, 5.41) is 17.9. The Hall–Kier alpha value is -0.220. The summed E-state index contributed by atoms with van der Waals surface area (Å²) in [5.41, 5.74) is -0.599. The average Bonchev–Trinajstić information content (AvgIpc) is 2.03. The molecular formula is C9H16O3S. The second-order valence-electron chi connectivity index (χ2n) is 3.78. The zero-order chi connectivity index (χ0) is 9.84. The fraction of sp³-hybridized carbons (Fsp3) is 0.889. The number of aliphatic carboxylic acids is 1. The number of hydrogen-bond donors (Lipinski definition) is 3. The van der Waals surface area contributed by atoms with E-state index >= 15 is 0 Å². The molecule has 0 heterocycles. The van der Waals surface area contributed by atoms with Crippen molar-refractivity contribution in [3.63, 3.8) is 0 Å². The molecule has 1 saturated carbocycles. The quantitative estimate of drug-likeness (QED) is 0.482. The lowest BCUT2D eigenvalue weighted by Crippen LogP contribution is -2.24. The van der Waals surface area contributed by atoms with Crippen molar-refractivity contribution in [2.45, 2.75) is 37.5 Å². The first kappa shape index (κ1) is 10.9. The van der Waals surface area contributed by atoms with Gasteiger partial charge in [-0.1, -0.05) is 12.8 Å². The van der Waals surface area contributed by atoms with Gasteiger partial charge in [-0.2, -0.15) is 0 Å². The standard InChI is InChI=1S/C9H16O3S/c10-8(13)5-6-2-1-3-7(4-6)9(11)12/h6-8,10,13H,1-5H2,(H,11,12). The minimum Gasteiger partial charge on any atom is -0.481 e. The Kier molecular flexibility index (Phi) is 4.06. The van der Waals surface area contributed by atoms with Crippen molar-refractivity contribution in [1.82, 2.24) is 0 Å². The summed E-state index contributed by atoms with van der Waals surface area (Å²) in [7, 11) is 0. The minimum absolute atomic E-state index is 0.203. The number of rotatable bonds is 3. The van der Waals surface area contributed by atoms with Crippen LogP contribution in [0.25, 0.3) is 0 Å². The van der Waals surface area contributed by atoms with E-state index in [-0.39, 0.29) is 5.92 Å². The predicted molar refractivity (Wildman–Crippen MR) is 52.7 cm³/mol. The van der Waals surface area contributed by atoms with Crippen LogP contribution in [-0.4, -0.2) is 21.6 Å². The Morgan fingerprint density at radius 1 is 1.54 bits per heavy atom. The van der Waals surface area contributed by atoms with Crippen molar-refractivity contribution >= 4 is 18.6 Å². The second kappa shape index (κ2) is 4.86. The highest BCUT2D eigenvalue weighted by molar-refractivity contribution is 7.80. The van der Waals surface area contributed by atoms with E-state index in [0.717, 1.165) is 19.3 Å². The molecule has 13 heavy (non-hydrogen) atoms. The highest BCUT2D eigenvalue weighted by Gasteiger charge is 2.27. The first-order valence-electron chi connectivity index (χ1n) is 4.68. The molecule has 4 heteroatoms. The van der Waals surface area contributed by atoms with Crippen LogP contribution in [0.15, 0.2) is 0 Å². The number of aliphatic hydroxyl groups excluding tert-OH is 1. The third-order valence-corrected chi connectivity index (χ3v) is 2.89. The summed E-state index contributed by atoms with van der Waals surface area (Å²) in [6, 6.07) is 0. The first-order chi connectivity index (χ1) is 6.09. The number of carbonyl (C=O) groups is 1. The molecular weight excluding hydrogens is 188 g/mol. The molecule has 0 spiro atoms. The van der Waals surface area contributed by atoms with Crippen LogP contribution in [0.1, 0.15) is 32.1 Å². The van der Waals surface area contributed by atoms with Gasteiger partial charge < -0.3 is 10.2 Å². The van der Waals surface area contributed by atoms with Crippen LogP contribution in [-0.2, 0) is 4.79 Å². The Bertz CT molecular complexity index is 182. The molecule has 1 rings (SSSR count). The van der Waals surface area contributed by atoms with Crippen LogP contribution in [0.3, 0.4) is 0 Å². The molecule has 1 aliphatic carbocycles. The number of carboxylic acid groups (broad SMARTS) is 1. The SMILES string of the molecule is O=C(O)C1CCCC(CC(O)S)C1. The third-order valence-electron chi connectivity index (χ3n) is 2.68. The van der Waals surface area contributed by atoms with E-state index in [2.05, 4.69) is 12.6 Å². The fourth-order valence-corrected chi connectivity index (χ4v) is 2.33. The molecule has 0 saturated heterocycles. The van der Waals surface area contributed by atoms with Crippen LogP contribution in [0.2, 0.25) is 0 Å². The maximum atomic E-state index is 10.7. The largest absolute Gasteiger partial charge is 0.481 e. The predicted octanol–water partition coefficient (Wildman–Crippen LogP) is 1.52. The molecule has 2 N–H and O–H groups in total. The number of aliphatic hydroxyl groups is 1. The summed E-state index contributed by atoms with van der Waals surface area (Å²) in [6.07, 6.45) is 4.10. The van der Waals surface area contributed by atoms with Gasteiger partial charge in [0.25, 0.3) is 0 Å². The molecule has 0 bridgehead atoms. The van der Waals surface area contributed by atoms with Crippen LogP contribution in [0.5, 0.6) is 0 Å². The molecule has 0 aromatic rings. The number of hydrogen-bond acceptors (Lipinski definition) is 3. The van der Waals surface area contributed by atoms with Gasteiger partial charge in [0, 0.05) is 0 Å². The van der Waals surface area contributed by atoms with E-state index in [9.17, 15) is 4.79 Å². The average molecular weight is 204 g/mol. The van der Waals surface area contributed by atoms with Gasteiger partial charge in [0.05, 0.1) is 11.4 Å². The zero-order valence-corrected chi connectivity index (χ0v) is 8.41. The number of thiol groups is 1. The Labute approximate surface area is 83.6 Å². The van der Waals surface area contributed by atoms with Gasteiger partial charge in [-0.15, -0.1) is 12.6 Å². The van der Waals surface area contributed by atoms with Crippen molar-refractivity contribution in [1.29, 1.82) is 0 Å². The van der Waals surface area contributed by atoms with Gasteiger partial charge in [-0.3, -0.25) is 4.79 Å². The Morgan fingerprint density at radius 2 is 2.23 bits per heavy atom. The van der Waals surface area contributed by atoms with E-state index in [1.54, 1.807) is 0 Å². The lowest BCUT2D eigenvalue weighted by atomic mass is 9.80. The minimum atomic E-state index is -0.696. The molecule has 3 unspecified atom stereocenters. The van der Waals surface area contributed by atoms with Gasteiger partial charge >= 0.3 is 5.97 Å². The van der Waals surface area contributed by atoms with Crippen molar-refractivity contribution in [2.24, 2.45) is 11.8 Å². The lowest BCUT2D eigenvalue weighted by Gasteiger charge is -2.27. The smallest absolute Gasteiger partial charge is 0.306 e. The van der Waals surface area contributed by atoms with E-state index < -0.39 is 11.4 Å². The molecule has 0 aliphatic heterocycles. The summed E-state index contributed by atoms with van der Waals surface area (Å²) in [4.78, 5) is 10.7. The number of carboxylic acids is 1. The van der Waals surface area contributed by atoms with E-state index in [1.165, 1.54) is 0 Å². The van der Waals surface area contributed by atoms with E-state index in [1.807, 2.05) is 0 Å². The molecule has 76 valence electrons. The van der Waals surface area contributed by atoms with Crippen LogP contribution >= 0.6 is 12.6 Å². The molecule has 3 nitrogen and oxygen atoms in total. The van der Waals surface area contributed by atoms with Crippen molar-refractivity contribution in [3.8, 4) is 0 Å². The van der Waals surface area contributed by atoms with Gasteiger partial charge in [0.1, 0.15) is 0 Å². The van der Waals surface area contributed by atoms with Crippen molar-refractivity contribution < 1.29 is 15.0 Å². The zero-order valence-electron chi connectivity index (χ0n) is 7.52.